The van der Waals surface area contributed by atoms with E-state index in [-0.39, 0.29) is 19.4 Å². The predicted molar refractivity (Wildman–Crippen MR) is 222 cm³/mol. The molecule has 0 aromatic carbocycles. The average Bonchev–Trinajstić information content (AvgIpc) is 3.14. The van der Waals surface area contributed by atoms with Crippen molar-refractivity contribution in [1.29, 1.82) is 0 Å². The van der Waals surface area contributed by atoms with Crippen molar-refractivity contribution in [1.82, 2.24) is 0 Å². The van der Waals surface area contributed by atoms with Crippen molar-refractivity contribution >= 4 is 19.8 Å². The maximum absolute atomic E-state index is 12.4. The minimum atomic E-state index is -4.78. The van der Waals surface area contributed by atoms with Crippen LogP contribution in [0.1, 0.15) is 194 Å². The highest BCUT2D eigenvalue weighted by molar-refractivity contribution is 7.46. The summed E-state index contributed by atoms with van der Waals surface area (Å²) < 4.78 is 26.3. The molecular formula is C44H79O9P. The summed E-state index contributed by atoms with van der Waals surface area (Å²) in [5.41, 5.74) is 0. The molecule has 314 valence electrons. The fraction of sp³-hybridized carbons (Fsp3) is 0.773. The Hall–Kier alpha value is -2.03. The number of ether oxygens (including phenoxy) is 2. The molecule has 2 atom stereocenters. The lowest BCUT2D eigenvalue weighted by atomic mass is 10.0. The Morgan fingerprint density at radius 2 is 1.07 bits per heavy atom. The molecule has 0 aliphatic heterocycles. The van der Waals surface area contributed by atoms with Crippen LogP contribution in [0.2, 0.25) is 0 Å². The first-order chi connectivity index (χ1) is 26.2. The molecule has 0 bridgehead atoms. The van der Waals surface area contributed by atoms with E-state index in [1.165, 1.54) is 109 Å². The van der Waals surface area contributed by atoms with Gasteiger partial charge in [0.1, 0.15) is 6.61 Å². The number of hydrogen-bond acceptors (Lipinski definition) is 7. The Morgan fingerprint density at radius 3 is 1.65 bits per heavy atom. The molecule has 0 fully saturated rings. The fourth-order valence-corrected chi connectivity index (χ4v) is 6.28. The monoisotopic (exact) mass is 783 g/mol. The Balaban J connectivity index is 4.03. The SMILES string of the molecule is CCCCC/C=C\C=C/[C@@H](O)C/C=C\C/C=C/CCCC(=O)OC[C@H](COP(=O)(O)O)OC(=O)CCCCCCCCCCCCCCCCCCCC. The van der Waals surface area contributed by atoms with Gasteiger partial charge in [0.15, 0.2) is 6.10 Å². The number of hydrogen-bond donors (Lipinski definition) is 3. The van der Waals surface area contributed by atoms with E-state index in [0.717, 1.165) is 32.1 Å². The molecule has 0 spiro atoms. The molecule has 10 heteroatoms. The first-order valence-electron chi connectivity index (χ1n) is 21.5. The molecule has 0 saturated carbocycles. The lowest BCUT2D eigenvalue weighted by Gasteiger charge is -2.18. The lowest BCUT2D eigenvalue weighted by molar-refractivity contribution is -0.161. The van der Waals surface area contributed by atoms with E-state index in [2.05, 4.69) is 24.4 Å². The zero-order valence-corrected chi connectivity index (χ0v) is 35.1. The van der Waals surface area contributed by atoms with Gasteiger partial charge in [-0.2, -0.15) is 0 Å². The second kappa shape index (κ2) is 39.2. The van der Waals surface area contributed by atoms with Gasteiger partial charge in [0.2, 0.25) is 0 Å². The Labute approximate surface area is 329 Å². The molecular weight excluding hydrogens is 703 g/mol. The summed E-state index contributed by atoms with van der Waals surface area (Å²) in [4.78, 5) is 42.8. The first-order valence-corrected chi connectivity index (χ1v) is 23.1. The van der Waals surface area contributed by atoms with Gasteiger partial charge in [-0.05, 0) is 44.9 Å². The van der Waals surface area contributed by atoms with Crippen LogP contribution in [0.4, 0.5) is 0 Å². The van der Waals surface area contributed by atoms with Gasteiger partial charge in [-0.25, -0.2) is 4.57 Å². The van der Waals surface area contributed by atoms with Crippen LogP contribution in [0.15, 0.2) is 48.6 Å². The number of phosphoric ester groups is 1. The van der Waals surface area contributed by atoms with Crippen molar-refractivity contribution in [2.24, 2.45) is 0 Å². The summed E-state index contributed by atoms with van der Waals surface area (Å²) in [7, 11) is -4.78. The van der Waals surface area contributed by atoms with Crippen molar-refractivity contribution in [2.75, 3.05) is 13.2 Å². The van der Waals surface area contributed by atoms with E-state index in [9.17, 15) is 19.3 Å². The van der Waals surface area contributed by atoms with Crippen LogP contribution < -0.4 is 0 Å². The number of aliphatic hydroxyl groups excluding tert-OH is 1. The van der Waals surface area contributed by atoms with E-state index < -0.39 is 38.6 Å². The van der Waals surface area contributed by atoms with Crippen LogP contribution in [0, 0.1) is 0 Å². The zero-order chi connectivity index (χ0) is 39.8. The van der Waals surface area contributed by atoms with Crippen molar-refractivity contribution in [3.8, 4) is 0 Å². The summed E-state index contributed by atoms with van der Waals surface area (Å²) in [5, 5.41) is 10.0. The third-order valence-electron chi connectivity index (χ3n) is 9.18. The van der Waals surface area contributed by atoms with Gasteiger partial charge in [0.05, 0.1) is 12.7 Å². The maximum Gasteiger partial charge on any atom is 0.469 e. The predicted octanol–water partition coefficient (Wildman–Crippen LogP) is 12.1. The number of aliphatic hydroxyl groups is 1. The largest absolute Gasteiger partial charge is 0.469 e. The van der Waals surface area contributed by atoms with Crippen LogP contribution in [0.25, 0.3) is 0 Å². The third-order valence-corrected chi connectivity index (χ3v) is 9.67. The third kappa shape index (κ3) is 41.1. The van der Waals surface area contributed by atoms with E-state index in [4.69, 9.17) is 19.3 Å². The molecule has 0 aliphatic rings. The maximum atomic E-state index is 12.4. The van der Waals surface area contributed by atoms with Crippen LogP contribution in [0.5, 0.6) is 0 Å². The van der Waals surface area contributed by atoms with E-state index in [0.29, 0.717) is 25.7 Å². The molecule has 0 radical (unpaired) electrons. The second-order valence-corrected chi connectivity index (χ2v) is 15.8. The van der Waals surface area contributed by atoms with Gasteiger partial charge in [-0.3, -0.25) is 14.1 Å². The number of rotatable bonds is 39. The first kappa shape index (κ1) is 52.0. The van der Waals surface area contributed by atoms with Gasteiger partial charge in [0, 0.05) is 12.8 Å². The lowest BCUT2D eigenvalue weighted by Crippen LogP contribution is -2.29. The zero-order valence-electron chi connectivity index (χ0n) is 34.2. The van der Waals surface area contributed by atoms with Crippen molar-refractivity contribution in [3.63, 3.8) is 0 Å². The van der Waals surface area contributed by atoms with Crippen LogP contribution in [-0.4, -0.2) is 52.3 Å². The summed E-state index contributed by atoms with van der Waals surface area (Å²) in [6.45, 7) is 3.55. The normalized spacial score (nSPS) is 13.5. The van der Waals surface area contributed by atoms with Crippen LogP contribution in [-0.2, 0) is 28.2 Å². The van der Waals surface area contributed by atoms with Crippen molar-refractivity contribution in [3.05, 3.63) is 48.6 Å². The summed E-state index contributed by atoms with van der Waals surface area (Å²) in [5.74, 6) is -0.987. The van der Waals surface area contributed by atoms with Gasteiger partial charge in [-0.1, -0.05) is 184 Å². The number of phosphoric acid groups is 1. The van der Waals surface area contributed by atoms with Gasteiger partial charge >= 0.3 is 19.8 Å². The standard InChI is InChI=1S/C44H79O9P/c1-3-5-7-9-11-12-13-14-15-16-17-18-19-20-21-25-30-34-38-44(47)53-42(40-52-54(48,49)50)39-51-43(46)37-33-29-26-22-24-28-32-36-41(45)35-31-27-23-10-8-6-4-2/h22-23,26-28,31-32,35,41-42,45H,3-21,24-25,29-30,33-34,36-40H2,1-2H3,(H2,48,49,50)/b26-22+,27-23-,32-28-,35-31-/t41-,42-/m1/s1. The summed E-state index contributed by atoms with van der Waals surface area (Å²) in [6.07, 6.45) is 44.3. The Morgan fingerprint density at radius 1 is 0.574 bits per heavy atom. The van der Waals surface area contributed by atoms with E-state index >= 15 is 0 Å². The van der Waals surface area contributed by atoms with Gasteiger partial charge in [0.25, 0.3) is 0 Å². The molecule has 3 N–H and O–H groups in total. The quantitative estimate of drug-likeness (QED) is 0.0183. The molecule has 0 aliphatic carbocycles. The smallest absolute Gasteiger partial charge is 0.462 e. The average molecular weight is 783 g/mol. The number of carbonyl (C=O) groups is 2. The molecule has 0 amide bonds. The molecule has 54 heavy (non-hydrogen) atoms. The molecule has 0 saturated heterocycles. The molecule has 0 aromatic rings. The number of allylic oxidation sites excluding steroid dienone is 6. The van der Waals surface area contributed by atoms with Crippen molar-refractivity contribution in [2.45, 2.75) is 206 Å². The van der Waals surface area contributed by atoms with E-state index in [1.54, 1.807) is 6.08 Å². The molecule has 0 aromatic heterocycles. The summed E-state index contributed by atoms with van der Waals surface area (Å²) >= 11 is 0. The molecule has 0 rings (SSSR count). The Bertz CT molecular complexity index is 1030. The molecule has 0 unspecified atom stereocenters. The molecule has 9 nitrogen and oxygen atoms in total. The minimum absolute atomic E-state index is 0.158. The summed E-state index contributed by atoms with van der Waals surface area (Å²) in [6, 6.07) is 0. The van der Waals surface area contributed by atoms with Crippen LogP contribution in [0.3, 0.4) is 0 Å². The van der Waals surface area contributed by atoms with Gasteiger partial charge in [-0.15, -0.1) is 0 Å². The second-order valence-electron chi connectivity index (χ2n) is 14.5. The van der Waals surface area contributed by atoms with Crippen molar-refractivity contribution < 1.29 is 43.0 Å². The Kier molecular flexibility index (Phi) is 37.7. The molecule has 0 heterocycles. The number of esters is 2. The number of unbranched alkanes of at least 4 members (excludes halogenated alkanes) is 21. The van der Waals surface area contributed by atoms with E-state index in [1.807, 2.05) is 36.5 Å². The highest BCUT2D eigenvalue weighted by Crippen LogP contribution is 2.36. The number of carbonyl (C=O) groups excluding carboxylic acids is 2. The van der Waals surface area contributed by atoms with Crippen LogP contribution >= 0.6 is 7.82 Å². The highest BCUT2D eigenvalue weighted by Gasteiger charge is 2.22. The fourth-order valence-electron chi connectivity index (χ4n) is 5.92. The topological polar surface area (TPSA) is 140 Å². The highest BCUT2D eigenvalue weighted by atomic mass is 31.2. The van der Waals surface area contributed by atoms with Gasteiger partial charge < -0.3 is 24.4 Å². The minimum Gasteiger partial charge on any atom is -0.462 e.